The summed E-state index contributed by atoms with van der Waals surface area (Å²) in [5, 5.41) is 2.55. The number of fused-ring (bicyclic) bond motifs is 3. The van der Waals surface area contributed by atoms with Crippen LogP contribution in [0.5, 0.6) is 0 Å². The summed E-state index contributed by atoms with van der Waals surface area (Å²) in [6.07, 6.45) is 0. The summed E-state index contributed by atoms with van der Waals surface area (Å²) in [6, 6.07) is 43.2. The second-order valence-corrected chi connectivity index (χ2v) is 12.3. The van der Waals surface area contributed by atoms with Gasteiger partial charge in [0.05, 0.1) is 11.0 Å². The lowest BCUT2D eigenvalue weighted by atomic mass is 9.95. The lowest BCUT2D eigenvalue weighted by Gasteiger charge is -2.12. The minimum atomic E-state index is 1.17. The molecule has 0 fully saturated rings. The maximum Gasteiger partial charge on any atom is 0.0541 e. The average molecular weight is 556 g/mol. The van der Waals surface area contributed by atoms with E-state index in [9.17, 15) is 0 Å². The summed E-state index contributed by atoms with van der Waals surface area (Å²) in [5.41, 5.74) is 19.0. The van der Waals surface area contributed by atoms with Gasteiger partial charge in [0.15, 0.2) is 0 Å². The molecular formula is C42H37N. The van der Waals surface area contributed by atoms with Gasteiger partial charge in [-0.2, -0.15) is 0 Å². The third-order valence-electron chi connectivity index (χ3n) is 8.97. The predicted octanol–water partition coefficient (Wildman–Crippen LogP) is 11.6. The zero-order chi connectivity index (χ0) is 29.8. The van der Waals surface area contributed by atoms with Crippen LogP contribution < -0.4 is 0 Å². The zero-order valence-electron chi connectivity index (χ0n) is 25.9. The Labute approximate surface area is 255 Å². The molecule has 1 aromatic heterocycles. The summed E-state index contributed by atoms with van der Waals surface area (Å²) in [6.45, 7) is 13.1. The van der Waals surface area contributed by atoms with Gasteiger partial charge in [0.1, 0.15) is 0 Å². The first-order valence-corrected chi connectivity index (χ1v) is 15.2. The lowest BCUT2D eigenvalue weighted by molar-refractivity contribution is 1.18. The van der Waals surface area contributed by atoms with Crippen molar-refractivity contribution in [1.82, 2.24) is 4.57 Å². The summed E-state index contributed by atoms with van der Waals surface area (Å²) in [4.78, 5) is 0. The highest BCUT2D eigenvalue weighted by Gasteiger charge is 2.16. The van der Waals surface area contributed by atoms with E-state index in [0.29, 0.717) is 0 Å². The summed E-state index contributed by atoms with van der Waals surface area (Å²) < 4.78 is 2.42. The van der Waals surface area contributed by atoms with Crippen molar-refractivity contribution < 1.29 is 0 Å². The topological polar surface area (TPSA) is 4.93 Å². The largest absolute Gasteiger partial charge is 0.309 e. The highest BCUT2D eigenvalue weighted by atomic mass is 15.0. The molecule has 0 saturated carbocycles. The van der Waals surface area contributed by atoms with E-state index < -0.39 is 0 Å². The van der Waals surface area contributed by atoms with E-state index in [2.05, 4.69) is 161 Å². The molecule has 0 saturated heterocycles. The predicted molar refractivity (Wildman–Crippen MR) is 186 cm³/mol. The molecule has 0 unspecified atom stereocenters. The van der Waals surface area contributed by atoms with E-state index in [1.807, 2.05) is 0 Å². The number of aromatic nitrogens is 1. The van der Waals surface area contributed by atoms with Crippen LogP contribution in [0.3, 0.4) is 0 Å². The molecule has 0 N–H and O–H groups in total. The van der Waals surface area contributed by atoms with Gasteiger partial charge in [-0.1, -0.05) is 95.6 Å². The molecule has 7 aromatic rings. The van der Waals surface area contributed by atoms with Gasteiger partial charge in [0.2, 0.25) is 0 Å². The number of hydrogen-bond donors (Lipinski definition) is 0. The third-order valence-corrected chi connectivity index (χ3v) is 8.97. The van der Waals surface area contributed by atoms with Crippen LogP contribution in [-0.2, 0) is 0 Å². The molecule has 43 heavy (non-hydrogen) atoms. The molecule has 0 bridgehead atoms. The van der Waals surface area contributed by atoms with Gasteiger partial charge < -0.3 is 4.57 Å². The van der Waals surface area contributed by atoms with E-state index in [4.69, 9.17) is 0 Å². The summed E-state index contributed by atoms with van der Waals surface area (Å²) >= 11 is 0. The average Bonchev–Trinajstić information content (AvgIpc) is 3.30. The van der Waals surface area contributed by atoms with Crippen molar-refractivity contribution in [1.29, 1.82) is 0 Å². The molecule has 0 aliphatic carbocycles. The number of hydrogen-bond acceptors (Lipinski definition) is 0. The van der Waals surface area contributed by atoms with Crippen LogP contribution in [0.2, 0.25) is 0 Å². The molecule has 210 valence electrons. The smallest absolute Gasteiger partial charge is 0.0541 e. The monoisotopic (exact) mass is 555 g/mol. The van der Waals surface area contributed by atoms with Crippen LogP contribution in [0.4, 0.5) is 0 Å². The summed E-state index contributed by atoms with van der Waals surface area (Å²) in [5.74, 6) is 0. The quantitative estimate of drug-likeness (QED) is 0.204. The van der Waals surface area contributed by atoms with Crippen molar-refractivity contribution in [2.45, 2.75) is 41.5 Å². The van der Waals surface area contributed by atoms with Crippen LogP contribution >= 0.6 is 0 Å². The maximum absolute atomic E-state index is 2.42. The fraction of sp³-hybridized carbons (Fsp3) is 0.143. The van der Waals surface area contributed by atoms with Gasteiger partial charge in [0, 0.05) is 16.5 Å². The zero-order valence-corrected chi connectivity index (χ0v) is 25.9. The van der Waals surface area contributed by atoms with Gasteiger partial charge in [-0.25, -0.2) is 0 Å². The molecule has 0 aliphatic heterocycles. The van der Waals surface area contributed by atoms with Crippen molar-refractivity contribution >= 4 is 21.8 Å². The lowest BCUT2D eigenvalue weighted by Crippen LogP contribution is -1.94. The molecule has 7 rings (SSSR count). The second-order valence-electron chi connectivity index (χ2n) is 12.3. The number of rotatable bonds is 4. The number of benzene rings is 6. The Kier molecular flexibility index (Phi) is 6.55. The third kappa shape index (κ3) is 4.76. The van der Waals surface area contributed by atoms with Crippen molar-refractivity contribution in [3.05, 3.63) is 149 Å². The van der Waals surface area contributed by atoms with E-state index >= 15 is 0 Å². The highest BCUT2D eigenvalue weighted by molar-refractivity contribution is 6.11. The SMILES string of the molecule is Cc1ccc(-c2ccc(-n3c4ccc(-c5ccc(C)cc5C)cc4c4cc(-c5ccc(C)cc5C)ccc43)cc2)c(C)c1. The Morgan fingerprint density at radius 3 is 1.12 bits per heavy atom. The Bertz CT molecular complexity index is 2060. The minimum absolute atomic E-state index is 1.17. The van der Waals surface area contributed by atoms with Gasteiger partial charge in [-0.3, -0.25) is 0 Å². The molecule has 0 atom stereocenters. The highest BCUT2D eigenvalue weighted by Crippen LogP contribution is 2.38. The van der Waals surface area contributed by atoms with Crippen molar-refractivity contribution in [2.24, 2.45) is 0 Å². The Hall–Kier alpha value is -4.88. The normalized spacial score (nSPS) is 11.5. The Morgan fingerprint density at radius 1 is 0.349 bits per heavy atom. The fourth-order valence-corrected chi connectivity index (χ4v) is 6.84. The fourth-order valence-electron chi connectivity index (χ4n) is 6.84. The van der Waals surface area contributed by atoms with E-state index in [1.165, 1.54) is 94.3 Å². The molecular weight excluding hydrogens is 518 g/mol. The van der Waals surface area contributed by atoms with E-state index in [0.717, 1.165) is 0 Å². The molecule has 0 spiro atoms. The summed E-state index contributed by atoms with van der Waals surface area (Å²) in [7, 11) is 0. The Balaban J connectivity index is 1.44. The van der Waals surface area contributed by atoms with Gasteiger partial charge >= 0.3 is 0 Å². The van der Waals surface area contributed by atoms with Crippen LogP contribution in [0.25, 0.3) is 60.9 Å². The Morgan fingerprint density at radius 2 is 0.721 bits per heavy atom. The van der Waals surface area contributed by atoms with Gasteiger partial charge in [-0.15, -0.1) is 0 Å². The van der Waals surface area contributed by atoms with Crippen LogP contribution in [0, 0.1) is 41.5 Å². The molecule has 1 heteroatoms. The molecule has 0 amide bonds. The van der Waals surface area contributed by atoms with E-state index in [-0.39, 0.29) is 0 Å². The van der Waals surface area contributed by atoms with E-state index in [1.54, 1.807) is 0 Å². The minimum Gasteiger partial charge on any atom is -0.309 e. The first-order valence-electron chi connectivity index (χ1n) is 15.2. The number of aryl methyl sites for hydroxylation is 6. The van der Waals surface area contributed by atoms with Crippen molar-refractivity contribution in [3.8, 4) is 39.1 Å². The van der Waals surface area contributed by atoms with Gasteiger partial charge in [-0.05, 0) is 128 Å². The standard InChI is InChI=1S/C42H37N/c1-26-7-16-36(29(4)21-26)32-10-14-35(15-11-32)43-41-19-12-33(37-17-8-27(2)22-30(37)5)24-39(41)40-25-34(13-20-42(40)43)38-18-9-28(3)23-31(38)6/h7-25H,1-6H3. The molecule has 0 aliphatic rings. The van der Waals surface area contributed by atoms with Crippen LogP contribution in [0.15, 0.2) is 115 Å². The molecule has 1 nitrogen and oxygen atoms in total. The maximum atomic E-state index is 2.42. The second kappa shape index (κ2) is 10.4. The van der Waals surface area contributed by atoms with Crippen LogP contribution in [0.1, 0.15) is 33.4 Å². The molecule has 0 radical (unpaired) electrons. The number of nitrogens with zero attached hydrogens (tertiary/aromatic N) is 1. The van der Waals surface area contributed by atoms with Crippen molar-refractivity contribution in [2.75, 3.05) is 0 Å². The van der Waals surface area contributed by atoms with Crippen LogP contribution in [-0.4, -0.2) is 4.57 Å². The molecule has 1 heterocycles. The first kappa shape index (κ1) is 27.0. The van der Waals surface area contributed by atoms with Gasteiger partial charge in [0.25, 0.3) is 0 Å². The van der Waals surface area contributed by atoms with Crippen molar-refractivity contribution in [3.63, 3.8) is 0 Å². The first-order chi connectivity index (χ1) is 20.8. The molecule has 6 aromatic carbocycles.